The quantitative estimate of drug-likeness (QED) is 0.543. The van der Waals surface area contributed by atoms with Crippen molar-refractivity contribution in [3.8, 4) is 12.3 Å². The number of terminal acetylenes is 1. The number of nitrogens with zero attached hydrogens (tertiary/aromatic N) is 1. The van der Waals surface area contributed by atoms with Gasteiger partial charge in [0.1, 0.15) is 0 Å². The van der Waals surface area contributed by atoms with Crippen molar-refractivity contribution in [2.24, 2.45) is 0 Å². The third kappa shape index (κ3) is 7.52. The molecule has 0 aliphatic carbocycles. The molecule has 15 heavy (non-hydrogen) atoms. The van der Waals surface area contributed by atoms with Crippen LogP contribution in [0.15, 0.2) is 0 Å². The monoisotopic (exact) mass is 211 g/mol. The smallest absolute Gasteiger partial charge is 0.234 e. The molecule has 0 saturated carbocycles. The summed E-state index contributed by atoms with van der Waals surface area (Å²) in [6.07, 6.45) is 4.99. The summed E-state index contributed by atoms with van der Waals surface area (Å²) in [5.74, 6) is 2.03. The van der Waals surface area contributed by atoms with Gasteiger partial charge in [-0.25, -0.2) is 0 Å². The maximum Gasteiger partial charge on any atom is 0.234 e. The SMILES string of the molecule is C#CCNC(=O)CN(C)CC(=O)NCC. The minimum atomic E-state index is -0.181. The summed E-state index contributed by atoms with van der Waals surface area (Å²) in [4.78, 5) is 23.9. The van der Waals surface area contributed by atoms with Crippen LogP contribution in [-0.2, 0) is 9.59 Å². The molecular weight excluding hydrogens is 194 g/mol. The van der Waals surface area contributed by atoms with Crippen LogP contribution in [0.2, 0.25) is 0 Å². The van der Waals surface area contributed by atoms with Crippen LogP contribution in [0.4, 0.5) is 0 Å². The summed E-state index contributed by atoms with van der Waals surface area (Å²) in [5.41, 5.74) is 0. The Balaban J connectivity index is 3.73. The lowest BCUT2D eigenvalue weighted by molar-refractivity contribution is -0.124. The van der Waals surface area contributed by atoms with Crippen molar-refractivity contribution in [1.82, 2.24) is 15.5 Å². The molecule has 5 nitrogen and oxygen atoms in total. The van der Waals surface area contributed by atoms with Crippen LogP contribution < -0.4 is 10.6 Å². The van der Waals surface area contributed by atoms with Crippen LogP contribution in [0, 0.1) is 12.3 Å². The average molecular weight is 211 g/mol. The van der Waals surface area contributed by atoms with Crippen LogP contribution in [0.25, 0.3) is 0 Å². The zero-order chi connectivity index (χ0) is 11.7. The Morgan fingerprint density at radius 3 is 2.27 bits per heavy atom. The van der Waals surface area contributed by atoms with Crippen LogP contribution >= 0.6 is 0 Å². The van der Waals surface area contributed by atoms with Crippen molar-refractivity contribution in [3.05, 3.63) is 0 Å². The topological polar surface area (TPSA) is 61.4 Å². The van der Waals surface area contributed by atoms with Gasteiger partial charge in [0.15, 0.2) is 0 Å². The molecule has 0 rings (SSSR count). The predicted molar refractivity (Wildman–Crippen MR) is 58.0 cm³/mol. The van der Waals surface area contributed by atoms with Gasteiger partial charge < -0.3 is 10.6 Å². The van der Waals surface area contributed by atoms with E-state index in [9.17, 15) is 9.59 Å². The van der Waals surface area contributed by atoms with Gasteiger partial charge in [-0.3, -0.25) is 14.5 Å². The highest BCUT2D eigenvalue weighted by atomic mass is 16.2. The molecule has 0 aliphatic rings. The summed E-state index contributed by atoms with van der Waals surface area (Å²) in [5, 5.41) is 5.17. The molecule has 0 aromatic heterocycles. The lowest BCUT2D eigenvalue weighted by atomic mass is 10.4. The van der Waals surface area contributed by atoms with E-state index in [4.69, 9.17) is 6.42 Å². The predicted octanol–water partition coefficient (Wildman–Crippen LogP) is -1.20. The number of hydrogen-bond acceptors (Lipinski definition) is 3. The van der Waals surface area contributed by atoms with E-state index in [1.807, 2.05) is 6.92 Å². The highest BCUT2D eigenvalue weighted by Gasteiger charge is 2.08. The number of hydrogen-bond donors (Lipinski definition) is 2. The molecule has 0 fully saturated rings. The third-order valence-electron chi connectivity index (χ3n) is 1.59. The van der Waals surface area contributed by atoms with Crippen molar-refractivity contribution in [3.63, 3.8) is 0 Å². The second kappa shape index (κ2) is 7.83. The molecule has 0 saturated heterocycles. The number of carbonyl (C=O) groups excluding carboxylic acids is 2. The molecule has 0 bridgehead atoms. The first-order chi connectivity index (χ1) is 7.10. The molecule has 0 radical (unpaired) electrons. The molecule has 0 atom stereocenters. The van der Waals surface area contributed by atoms with Crippen molar-refractivity contribution in [1.29, 1.82) is 0 Å². The zero-order valence-corrected chi connectivity index (χ0v) is 9.17. The largest absolute Gasteiger partial charge is 0.355 e. The first-order valence-corrected chi connectivity index (χ1v) is 4.75. The lowest BCUT2D eigenvalue weighted by Crippen LogP contribution is -2.40. The van der Waals surface area contributed by atoms with Gasteiger partial charge >= 0.3 is 0 Å². The van der Waals surface area contributed by atoms with E-state index >= 15 is 0 Å². The van der Waals surface area contributed by atoms with Crippen LogP contribution in [-0.4, -0.2) is 49.9 Å². The highest BCUT2D eigenvalue weighted by Crippen LogP contribution is 1.82. The molecule has 5 heteroatoms. The minimum Gasteiger partial charge on any atom is -0.355 e. The number of likely N-dealkylation sites (N-methyl/N-ethyl adjacent to an activating group) is 2. The molecule has 0 heterocycles. The highest BCUT2D eigenvalue weighted by molar-refractivity contribution is 5.81. The first kappa shape index (κ1) is 13.5. The summed E-state index contributed by atoms with van der Waals surface area (Å²) < 4.78 is 0. The molecule has 0 aromatic carbocycles. The molecule has 2 N–H and O–H groups in total. The summed E-state index contributed by atoms with van der Waals surface area (Å²) in [6.45, 7) is 3.03. The Morgan fingerprint density at radius 1 is 1.27 bits per heavy atom. The molecule has 0 unspecified atom stereocenters. The van der Waals surface area contributed by atoms with E-state index in [-0.39, 0.29) is 31.4 Å². The second-order valence-electron chi connectivity index (χ2n) is 3.11. The van der Waals surface area contributed by atoms with Crippen molar-refractivity contribution >= 4 is 11.8 Å². The third-order valence-corrected chi connectivity index (χ3v) is 1.59. The van der Waals surface area contributed by atoms with E-state index < -0.39 is 0 Å². The molecule has 84 valence electrons. The van der Waals surface area contributed by atoms with E-state index in [0.29, 0.717) is 6.54 Å². The van der Waals surface area contributed by atoms with Crippen LogP contribution in [0.5, 0.6) is 0 Å². The van der Waals surface area contributed by atoms with Gasteiger partial charge in [0, 0.05) is 6.54 Å². The fraction of sp³-hybridized carbons (Fsp3) is 0.600. The molecule has 0 aliphatic heterocycles. The van der Waals surface area contributed by atoms with E-state index in [1.54, 1.807) is 11.9 Å². The number of amides is 2. The van der Waals surface area contributed by atoms with Gasteiger partial charge in [-0.1, -0.05) is 5.92 Å². The summed E-state index contributed by atoms with van der Waals surface area (Å²) in [7, 11) is 1.70. The minimum absolute atomic E-state index is 0.0928. The number of nitrogens with one attached hydrogen (secondary N) is 2. The van der Waals surface area contributed by atoms with Crippen molar-refractivity contribution in [2.75, 3.05) is 33.2 Å². The first-order valence-electron chi connectivity index (χ1n) is 4.75. The van der Waals surface area contributed by atoms with Crippen molar-refractivity contribution in [2.45, 2.75) is 6.92 Å². The van der Waals surface area contributed by atoms with E-state index in [2.05, 4.69) is 16.6 Å². The van der Waals surface area contributed by atoms with Gasteiger partial charge in [0.05, 0.1) is 19.6 Å². The van der Waals surface area contributed by atoms with E-state index in [0.717, 1.165) is 0 Å². The molecule has 0 aromatic rings. The maximum atomic E-state index is 11.2. The lowest BCUT2D eigenvalue weighted by Gasteiger charge is -2.14. The van der Waals surface area contributed by atoms with Crippen LogP contribution in [0.1, 0.15) is 6.92 Å². The molecular formula is C10H17N3O2. The van der Waals surface area contributed by atoms with Gasteiger partial charge in [-0.15, -0.1) is 6.42 Å². The van der Waals surface area contributed by atoms with Crippen molar-refractivity contribution < 1.29 is 9.59 Å². The summed E-state index contributed by atoms with van der Waals surface area (Å²) >= 11 is 0. The van der Waals surface area contributed by atoms with Gasteiger partial charge in [0.25, 0.3) is 0 Å². The Hall–Kier alpha value is -1.54. The Bertz CT molecular complexity index is 258. The van der Waals surface area contributed by atoms with Gasteiger partial charge in [0.2, 0.25) is 11.8 Å². The maximum absolute atomic E-state index is 11.2. The number of rotatable bonds is 6. The Labute approximate surface area is 90.2 Å². The normalized spacial score (nSPS) is 9.47. The standard InChI is InChI=1S/C10H17N3O2/c1-4-6-12-10(15)8-13(3)7-9(14)11-5-2/h1H,5-8H2,2-3H3,(H,11,14)(H,12,15). The molecule has 2 amide bonds. The second-order valence-corrected chi connectivity index (χ2v) is 3.11. The molecule has 0 spiro atoms. The summed E-state index contributed by atoms with van der Waals surface area (Å²) in [6, 6.07) is 0. The van der Waals surface area contributed by atoms with E-state index in [1.165, 1.54) is 0 Å². The Kier molecular flexibility index (Phi) is 7.02. The van der Waals surface area contributed by atoms with Gasteiger partial charge in [-0.2, -0.15) is 0 Å². The fourth-order valence-electron chi connectivity index (χ4n) is 1.00. The average Bonchev–Trinajstić information content (AvgIpc) is 2.14. The van der Waals surface area contributed by atoms with Crippen LogP contribution in [0.3, 0.4) is 0 Å². The number of carbonyl (C=O) groups is 2. The van der Waals surface area contributed by atoms with Gasteiger partial charge in [-0.05, 0) is 14.0 Å². The Morgan fingerprint density at radius 2 is 1.80 bits per heavy atom. The fourth-order valence-corrected chi connectivity index (χ4v) is 1.00. The zero-order valence-electron chi connectivity index (χ0n) is 9.17.